The molecule has 64 heavy (non-hydrogen) atoms. The highest BCUT2D eigenvalue weighted by Crippen LogP contribution is 2.31. The van der Waals surface area contributed by atoms with Crippen LogP contribution in [0.15, 0.2) is 164 Å². The van der Waals surface area contributed by atoms with Crippen molar-refractivity contribution < 1.29 is 19.5 Å². The van der Waals surface area contributed by atoms with Gasteiger partial charge in [-0.1, -0.05) is 72.8 Å². The average Bonchev–Trinajstić information content (AvgIpc) is 4.15. The predicted octanol–water partition coefficient (Wildman–Crippen LogP) is 7.44. The molecule has 4 aromatic carbocycles. The second kappa shape index (κ2) is 19.8. The average molecular weight is 916 g/mol. The first-order valence-electron chi connectivity index (χ1n) is 20.3. The van der Waals surface area contributed by atoms with Crippen LogP contribution in [0.2, 0.25) is 0 Å². The lowest BCUT2D eigenvalue weighted by Gasteiger charge is -2.11. The summed E-state index contributed by atoms with van der Waals surface area (Å²) >= 11 is 3.46. The van der Waals surface area contributed by atoms with E-state index < -0.39 is 7.12 Å². The van der Waals surface area contributed by atoms with Gasteiger partial charge in [-0.15, -0.1) is 0 Å². The van der Waals surface area contributed by atoms with Crippen molar-refractivity contribution in [3.8, 4) is 34.1 Å². The summed E-state index contributed by atoms with van der Waals surface area (Å²) in [6.07, 6.45) is 20.0. The lowest BCUT2D eigenvalue weighted by atomic mass is 9.80. The maximum Gasteiger partial charge on any atom is 0.488 e. The Labute approximate surface area is 378 Å². The van der Waals surface area contributed by atoms with Gasteiger partial charge in [-0.2, -0.15) is 0 Å². The zero-order chi connectivity index (χ0) is 44.6. The van der Waals surface area contributed by atoms with Gasteiger partial charge in [0.2, 0.25) is 0 Å². The van der Waals surface area contributed by atoms with E-state index in [9.17, 15) is 0 Å². The number of hydrogen-bond acceptors (Lipinski definition) is 10. The molecule has 0 fully saturated rings. The van der Waals surface area contributed by atoms with Crippen molar-refractivity contribution >= 4 is 39.8 Å². The highest BCUT2D eigenvalue weighted by molar-refractivity contribution is 9.10. The molecule has 0 saturated carbocycles. The third kappa shape index (κ3) is 9.79. The number of fused-ring (bicyclic) bond motifs is 2. The molecule has 0 saturated heterocycles. The highest BCUT2D eigenvalue weighted by Gasteiger charge is 2.16. The van der Waals surface area contributed by atoms with Crippen LogP contribution < -0.4 is 14.9 Å². The minimum atomic E-state index is -1.50. The SMILES string of the molecule is Brc1cnc2c(Cc3ccccc3)nccn12.COc1cc(-c2cnc3c(Cc4ccccc4)nccn23)ccc1-n1cnc(C)c1.COc1cc(B(O)O)ccc1-n1cnc(C)c1. The van der Waals surface area contributed by atoms with Crippen LogP contribution in [0.4, 0.5) is 0 Å². The molecule has 14 nitrogen and oxygen atoms in total. The number of hydrogen-bond donors (Lipinski definition) is 2. The van der Waals surface area contributed by atoms with E-state index in [2.05, 4.69) is 80.6 Å². The fourth-order valence-electron chi connectivity index (χ4n) is 7.18. The zero-order valence-corrected chi connectivity index (χ0v) is 37.1. The summed E-state index contributed by atoms with van der Waals surface area (Å²) in [7, 11) is 1.72. The van der Waals surface area contributed by atoms with E-state index in [1.54, 1.807) is 50.4 Å². The van der Waals surface area contributed by atoms with Crippen LogP contribution in [0.1, 0.15) is 33.9 Å². The van der Waals surface area contributed by atoms with Crippen molar-refractivity contribution in [1.82, 2.24) is 47.8 Å². The molecule has 0 aliphatic heterocycles. The van der Waals surface area contributed by atoms with Crippen molar-refractivity contribution in [2.75, 3.05) is 14.2 Å². The van der Waals surface area contributed by atoms with E-state index in [1.165, 1.54) is 18.2 Å². The molecule has 10 rings (SSSR count). The van der Waals surface area contributed by atoms with Crippen LogP contribution in [0, 0.1) is 13.8 Å². The molecule has 6 heterocycles. The number of aromatic nitrogens is 10. The molecule has 0 amide bonds. The minimum absolute atomic E-state index is 0.391. The second-order valence-corrected chi connectivity index (χ2v) is 15.5. The van der Waals surface area contributed by atoms with Gasteiger partial charge in [-0.05, 0) is 70.6 Å². The summed E-state index contributed by atoms with van der Waals surface area (Å²) in [5.74, 6) is 1.34. The molecule has 0 spiro atoms. The zero-order valence-electron chi connectivity index (χ0n) is 35.6. The Balaban J connectivity index is 0.000000141. The third-order valence-corrected chi connectivity index (χ3v) is 10.9. The second-order valence-electron chi connectivity index (χ2n) is 14.7. The van der Waals surface area contributed by atoms with Gasteiger partial charge >= 0.3 is 7.12 Å². The van der Waals surface area contributed by atoms with Crippen molar-refractivity contribution in [3.05, 3.63) is 198 Å². The van der Waals surface area contributed by atoms with Gasteiger partial charge in [0.05, 0.1) is 79.1 Å². The van der Waals surface area contributed by atoms with Crippen LogP contribution in [-0.2, 0) is 12.8 Å². The summed E-state index contributed by atoms with van der Waals surface area (Å²) in [6.45, 7) is 3.87. The van der Waals surface area contributed by atoms with E-state index in [-0.39, 0.29) is 0 Å². The van der Waals surface area contributed by atoms with Crippen molar-refractivity contribution in [3.63, 3.8) is 0 Å². The first-order chi connectivity index (χ1) is 31.2. The summed E-state index contributed by atoms with van der Waals surface area (Å²) in [6, 6.07) is 31.8. The minimum Gasteiger partial charge on any atom is -0.495 e. The van der Waals surface area contributed by atoms with Crippen LogP contribution in [0.5, 0.6) is 11.5 Å². The molecule has 10 aromatic rings. The molecule has 0 atom stereocenters. The quantitative estimate of drug-likeness (QED) is 0.132. The molecular formula is C48H44BBrN10O4. The predicted molar refractivity (Wildman–Crippen MR) is 251 cm³/mol. The molecule has 0 bridgehead atoms. The first kappa shape index (κ1) is 43.3. The van der Waals surface area contributed by atoms with Crippen LogP contribution in [0.3, 0.4) is 0 Å². The van der Waals surface area contributed by atoms with Crippen LogP contribution in [-0.4, -0.2) is 79.2 Å². The van der Waals surface area contributed by atoms with Gasteiger partial charge in [0.15, 0.2) is 11.3 Å². The summed E-state index contributed by atoms with van der Waals surface area (Å²) in [5, 5.41) is 18.2. The van der Waals surface area contributed by atoms with Gasteiger partial charge in [0.1, 0.15) is 16.1 Å². The largest absolute Gasteiger partial charge is 0.495 e. The molecule has 16 heteroatoms. The number of ether oxygens (including phenoxy) is 2. The molecular weight excluding hydrogens is 871 g/mol. The number of benzene rings is 4. The lowest BCUT2D eigenvalue weighted by molar-refractivity contribution is 0.410. The van der Waals surface area contributed by atoms with Gasteiger partial charge in [-0.25, -0.2) is 19.9 Å². The standard InChI is InChI=1S/C24H21N5O.C13H10BrN3.C11H13BN2O3/c1-17-15-28(16-27-17)21-9-8-19(13-23(21)30-2)22-14-26-24-20(25-10-11-29(22)24)12-18-6-4-3-5-7-18;14-12-9-16-13-11(15-6-7-17(12)13)8-10-4-2-1-3-5-10;1-8-6-14(7-13-8)10-4-3-9(12(15)16)5-11(10)17-2/h3-11,13-16H,12H2,1-2H3;1-7,9H,8H2;3-7,15-16H,1-2H3. The monoisotopic (exact) mass is 914 g/mol. The Hall–Kier alpha value is -7.40. The molecule has 6 aromatic heterocycles. The van der Waals surface area contributed by atoms with Crippen LogP contribution in [0.25, 0.3) is 33.9 Å². The Bertz CT molecular complexity index is 3130. The summed E-state index contributed by atoms with van der Waals surface area (Å²) in [4.78, 5) is 26.5. The fourth-order valence-corrected chi connectivity index (χ4v) is 7.57. The van der Waals surface area contributed by atoms with E-state index in [1.807, 2.05) is 113 Å². The first-order valence-corrected chi connectivity index (χ1v) is 21.1. The summed E-state index contributed by atoms with van der Waals surface area (Å²) < 4.78 is 19.7. The number of imidazole rings is 4. The topological polar surface area (TPSA) is 155 Å². The molecule has 320 valence electrons. The Morgan fingerprint density at radius 1 is 0.594 bits per heavy atom. The van der Waals surface area contributed by atoms with E-state index >= 15 is 0 Å². The lowest BCUT2D eigenvalue weighted by Crippen LogP contribution is -2.29. The van der Waals surface area contributed by atoms with Crippen LogP contribution >= 0.6 is 15.9 Å². The van der Waals surface area contributed by atoms with Gasteiger partial charge in [-0.3, -0.25) is 18.8 Å². The van der Waals surface area contributed by atoms with Gasteiger partial charge in [0, 0.05) is 55.6 Å². The van der Waals surface area contributed by atoms with E-state index in [0.29, 0.717) is 11.2 Å². The highest BCUT2D eigenvalue weighted by atomic mass is 79.9. The maximum absolute atomic E-state index is 9.09. The Morgan fingerprint density at radius 2 is 1.11 bits per heavy atom. The van der Waals surface area contributed by atoms with Gasteiger partial charge < -0.3 is 28.7 Å². The molecule has 0 radical (unpaired) electrons. The van der Waals surface area contributed by atoms with Crippen molar-refractivity contribution in [1.29, 1.82) is 0 Å². The number of aryl methyl sites for hydroxylation is 2. The molecule has 0 aliphatic carbocycles. The van der Waals surface area contributed by atoms with Crippen molar-refractivity contribution in [2.24, 2.45) is 0 Å². The third-order valence-electron chi connectivity index (χ3n) is 10.3. The van der Waals surface area contributed by atoms with E-state index in [0.717, 1.165) is 79.9 Å². The number of halogens is 1. The normalized spacial score (nSPS) is 10.9. The smallest absolute Gasteiger partial charge is 0.488 e. The maximum atomic E-state index is 9.09. The molecule has 2 N–H and O–H groups in total. The molecule has 0 aliphatic rings. The summed E-state index contributed by atoms with van der Waals surface area (Å²) in [5.41, 5.74) is 12.2. The number of methoxy groups -OCH3 is 2. The fraction of sp³-hybridized carbons (Fsp3) is 0.125. The molecule has 0 unspecified atom stereocenters. The van der Waals surface area contributed by atoms with Gasteiger partial charge in [0.25, 0.3) is 0 Å². The number of rotatable bonds is 10. The van der Waals surface area contributed by atoms with Crippen molar-refractivity contribution in [2.45, 2.75) is 26.7 Å². The Kier molecular flexibility index (Phi) is 13.4. The number of nitrogens with zero attached hydrogens (tertiary/aromatic N) is 10. The van der Waals surface area contributed by atoms with E-state index in [4.69, 9.17) is 19.5 Å². The Morgan fingerprint density at radius 3 is 1.64 bits per heavy atom.